The second-order valence-corrected chi connectivity index (χ2v) is 3.10. The summed E-state index contributed by atoms with van der Waals surface area (Å²) in [7, 11) is 1.71. The summed E-state index contributed by atoms with van der Waals surface area (Å²) in [5.41, 5.74) is 1.16. The van der Waals surface area contributed by atoms with Gasteiger partial charge in [-0.2, -0.15) is 0 Å². The molecule has 0 aliphatic rings. The van der Waals surface area contributed by atoms with Crippen LogP contribution in [0.3, 0.4) is 0 Å². The molecule has 1 N–H and O–H groups in total. The molecule has 1 aromatic heterocycles. The Morgan fingerprint density at radius 2 is 2.38 bits per heavy atom. The third kappa shape index (κ3) is 3.03. The van der Waals surface area contributed by atoms with E-state index in [1.165, 1.54) is 0 Å². The van der Waals surface area contributed by atoms with Crippen molar-refractivity contribution < 1.29 is 4.74 Å². The summed E-state index contributed by atoms with van der Waals surface area (Å²) in [5.74, 6) is 0.936. The van der Waals surface area contributed by atoms with Gasteiger partial charge in [0.15, 0.2) is 0 Å². The van der Waals surface area contributed by atoms with E-state index in [0.717, 1.165) is 17.9 Å². The Kier molecular flexibility index (Phi) is 3.71. The SMILES string of the molecule is COC(C)CNc1ncccc1C. The van der Waals surface area contributed by atoms with E-state index in [0.29, 0.717) is 0 Å². The smallest absolute Gasteiger partial charge is 0.128 e. The third-order valence-corrected chi connectivity index (χ3v) is 1.97. The van der Waals surface area contributed by atoms with Crippen molar-refractivity contribution in [2.24, 2.45) is 0 Å². The molecule has 0 saturated carbocycles. The predicted octanol–water partition coefficient (Wildman–Crippen LogP) is 1.84. The Balaban J connectivity index is 2.50. The minimum atomic E-state index is 0.210. The van der Waals surface area contributed by atoms with Crippen LogP contribution in [0.4, 0.5) is 5.82 Å². The molecule has 1 heterocycles. The molecule has 0 aliphatic heterocycles. The quantitative estimate of drug-likeness (QED) is 0.767. The number of hydrogen-bond acceptors (Lipinski definition) is 3. The number of nitrogens with one attached hydrogen (secondary N) is 1. The van der Waals surface area contributed by atoms with Crippen LogP contribution in [-0.2, 0) is 4.74 Å². The lowest BCUT2D eigenvalue weighted by Crippen LogP contribution is -2.19. The molecule has 0 aromatic carbocycles. The molecule has 0 fully saturated rings. The van der Waals surface area contributed by atoms with Gasteiger partial charge in [-0.1, -0.05) is 6.07 Å². The molecular formula is C10H16N2O. The lowest BCUT2D eigenvalue weighted by molar-refractivity contribution is 0.128. The van der Waals surface area contributed by atoms with Crippen LogP contribution in [-0.4, -0.2) is 24.7 Å². The molecule has 13 heavy (non-hydrogen) atoms. The summed E-state index contributed by atoms with van der Waals surface area (Å²) >= 11 is 0. The number of anilines is 1. The zero-order valence-corrected chi connectivity index (χ0v) is 8.37. The van der Waals surface area contributed by atoms with Crippen molar-refractivity contribution in [3.8, 4) is 0 Å². The van der Waals surface area contributed by atoms with Gasteiger partial charge in [0.2, 0.25) is 0 Å². The van der Waals surface area contributed by atoms with Crippen molar-refractivity contribution in [1.82, 2.24) is 4.98 Å². The molecular weight excluding hydrogens is 164 g/mol. The van der Waals surface area contributed by atoms with Crippen molar-refractivity contribution in [2.45, 2.75) is 20.0 Å². The average Bonchev–Trinajstić information content (AvgIpc) is 2.16. The van der Waals surface area contributed by atoms with Gasteiger partial charge in [-0.05, 0) is 25.5 Å². The van der Waals surface area contributed by atoms with Crippen LogP contribution in [0.1, 0.15) is 12.5 Å². The van der Waals surface area contributed by atoms with E-state index in [9.17, 15) is 0 Å². The van der Waals surface area contributed by atoms with E-state index in [4.69, 9.17) is 4.74 Å². The first-order chi connectivity index (χ1) is 6.24. The third-order valence-electron chi connectivity index (χ3n) is 1.97. The Bertz CT molecular complexity index is 263. The molecule has 1 aromatic rings. The highest BCUT2D eigenvalue weighted by molar-refractivity contribution is 5.42. The number of nitrogens with zero attached hydrogens (tertiary/aromatic N) is 1. The van der Waals surface area contributed by atoms with Crippen LogP contribution in [0.25, 0.3) is 0 Å². The fourth-order valence-corrected chi connectivity index (χ4v) is 0.994. The van der Waals surface area contributed by atoms with Crippen LogP contribution < -0.4 is 5.32 Å². The van der Waals surface area contributed by atoms with E-state index in [2.05, 4.69) is 10.3 Å². The van der Waals surface area contributed by atoms with Crippen LogP contribution in [0.15, 0.2) is 18.3 Å². The molecule has 0 spiro atoms. The van der Waals surface area contributed by atoms with E-state index in [1.807, 2.05) is 26.0 Å². The van der Waals surface area contributed by atoms with Gasteiger partial charge in [0.1, 0.15) is 5.82 Å². The van der Waals surface area contributed by atoms with E-state index in [-0.39, 0.29) is 6.10 Å². The number of ether oxygens (including phenoxy) is 1. The Morgan fingerprint density at radius 3 is 3.00 bits per heavy atom. The largest absolute Gasteiger partial charge is 0.380 e. The summed E-state index contributed by atoms with van der Waals surface area (Å²) in [6.07, 6.45) is 1.99. The number of aryl methyl sites for hydroxylation is 1. The molecule has 0 bridgehead atoms. The zero-order chi connectivity index (χ0) is 9.68. The molecule has 0 aliphatic carbocycles. The molecule has 0 amide bonds. The van der Waals surface area contributed by atoms with Gasteiger partial charge in [-0.15, -0.1) is 0 Å². The minimum absolute atomic E-state index is 0.210. The Labute approximate surface area is 79.1 Å². The predicted molar refractivity (Wildman–Crippen MR) is 53.9 cm³/mol. The van der Waals surface area contributed by atoms with Crippen molar-refractivity contribution in [1.29, 1.82) is 0 Å². The molecule has 1 atom stereocenters. The summed E-state index contributed by atoms with van der Waals surface area (Å²) in [5, 5.41) is 3.23. The number of pyridine rings is 1. The summed E-state index contributed by atoms with van der Waals surface area (Å²) in [6, 6.07) is 3.97. The van der Waals surface area contributed by atoms with Crippen molar-refractivity contribution in [3.63, 3.8) is 0 Å². The van der Waals surface area contributed by atoms with Gasteiger partial charge < -0.3 is 10.1 Å². The first-order valence-corrected chi connectivity index (χ1v) is 4.42. The van der Waals surface area contributed by atoms with Crippen LogP contribution in [0.5, 0.6) is 0 Å². The molecule has 72 valence electrons. The van der Waals surface area contributed by atoms with Gasteiger partial charge in [0, 0.05) is 19.9 Å². The molecule has 0 saturated heterocycles. The Hall–Kier alpha value is -1.09. The molecule has 3 nitrogen and oxygen atoms in total. The van der Waals surface area contributed by atoms with Crippen molar-refractivity contribution in [2.75, 3.05) is 19.0 Å². The van der Waals surface area contributed by atoms with Crippen LogP contribution >= 0.6 is 0 Å². The maximum Gasteiger partial charge on any atom is 0.128 e. The van der Waals surface area contributed by atoms with E-state index in [1.54, 1.807) is 13.3 Å². The first kappa shape index (κ1) is 9.99. The molecule has 1 rings (SSSR count). The maximum absolute atomic E-state index is 5.12. The van der Waals surface area contributed by atoms with Crippen LogP contribution in [0, 0.1) is 6.92 Å². The van der Waals surface area contributed by atoms with E-state index < -0.39 is 0 Å². The number of hydrogen-bond donors (Lipinski definition) is 1. The average molecular weight is 180 g/mol. The topological polar surface area (TPSA) is 34.1 Å². The van der Waals surface area contributed by atoms with Crippen molar-refractivity contribution in [3.05, 3.63) is 23.9 Å². The molecule has 0 radical (unpaired) electrons. The number of aromatic nitrogens is 1. The highest BCUT2D eigenvalue weighted by atomic mass is 16.5. The van der Waals surface area contributed by atoms with Gasteiger partial charge in [0.25, 0.3) is 0 Å². The summed E-state index contributed by atoms with van der Waals surface area (Å²) < 4.78 is 5.12. The van der Waals surface area contributed by atoms with Crippen LogP contribution in [0.2, 0.25) is 0 Å². The van der Waals surface area contributed by atoms with Gasteiger partial charge in [-0.3, -0.25) is 0 Å². The van der Waals surface area contributed by atoms with Gasteiger partial charge in [0.05, 0.1) is 6.10 Å². The fraction of sp³-hybridized carbons (Fsp3) is 0.500. The lowest BCUT2D eigenvalue weighted by atomic mass is 10.3. The Morgan fingerprint density at radius 1 is 1.62 bits per heavy atom. The normalized spacial score (nSPS) is 12.5. The second-order valence-electron chi connectivity index (χ2n) is 3.10. The van der Waals surface area contributed by atoms with E-state index >= 15 is 0 Å². The number of methoxy groups -OCH3 is 1. The van der Waals surface area contributed by atoms with Gasteiger partial charge in [-0.25, -0.2) is 4.98 Å². The fourth-order valence-electron chi connectivity index (χ4n) is 0.994. The number of rotatable bonds is 4. The summed E-state index contributed by atoms with van der Waals surface area (Å²) in [6.45, 7) is 4.84. The lowest BCUT2D eigenvalue weighted by Gasteiger charge is -2.12. The van der Waals surface area contributed by atoms with Gasteiger partial charge >= 0.3 is 0 Å². The minimum Gasteiger partial charge on any atom is -0.380 e. The monoisotopic (exact) mass is 180 g/mol. The standard InChI is InChI=1S/C10H16N2O/c1-8-5-4-6-11-10(8)12-7-9(2)13-3/h4-6,9H,7H2,1-3H3,(H,11,12). The highest BCUT2D eigenvalue weighted by Gasteiger charge is 2.01. The molecule has 1 unspecified atom stereocenters. The highest BCUT2D eigenvalue weighted by Crippen LogP contribution is 2.08. The molecule has 3 heteroatoms. The first-order valence-electron chi connectivity index (χ1n) is 4.42. The second kappa shape index (κ2) is 4.82. The maximum atomic E-state index is 5.12. The van der Waals surface area contributed by atoms with Crippen molar-refractivity contribution >= 4 is 5.82 Å². The summed E-state index contributed by atoms with van der Waals surface area (Å²) in [4.78, 5) is 4.22. The zero-order valence-electron chi connectivity index (χ0n) is 8.37.